The topological polar surface area (TPSA) is 43.4 Å². The normalized spacial score (nSPS) is 19.6. The highest BCUT2D eigenvalue weighted by molar-refractivity contribution is 6.17. The summed E-state index contributed by atoms with van der Waals surface area (Å²) in [5, 5.41) is 0. The van der Waals surface area contributed by atoms with Crippen LogP contribution in [0, 0.1) is 6.92 Å². The van der Waals surface area contributed by atoms with Gasteiger partial charge in [-0.2, -0.15) is 0 Å². The molecular formula is C20H14O3. The Labute approximate surface area is 133 Å². The minimum Gasteiger partial charge on any atom is -0.421 e. The summed E-state index contributed by atoms with van der Waals surface area (Å²) in [7, 11) is 0. The predicted octanol–water partition coefficient (Wildman–Crippen LogP) is 3.93. The van der Waals surface area contributed by atoms with E-state index in [-0.39, 0.29) is 5.78 Å². The van der Waals surface area contributed by atoms with Crippen molar-refractivity contribution in [2.24, 2.45) is 0 Å². The fourth-order valence-electron chi connectivity index (χ4n) is 2.98. The van der Waals surface area contributed by atoms with Crippen molar-refractivity contribution in [2.45, 2.75) is 13.3 Å². The number of hydrogen-bond acceptors (Lipinski definition) is 3. The molecule has 0 amide bonds. The number of hydrogen-bond donors (Lipinski definition) is 0. The second-order valence-electron chi connectivity index (χ2n) is 5.81. The molecular weight excluding hydrogens is 288 g/mol. The number of Topliss-reactive ketones (excluding diaryl/α,β-unsaturated/α-hetero) is 1. The van der Waals surface area contributed by atoms with Crippen LogP contribution in [0.25, 0.3) is 11.3 Å². The first-order chi connectivity index (χ1) is 11.1. The molecule has 1 aliphatic heterocycles. The number of esters is 1. The van der Waals surface area contributed by atoms with E-state index in [9.17, 15) is 9.59 Å². The number of rotatable bonds is 1. The average molecular weight is 302 g/mol. The third kappa shape index (κ3) is 2.21. The molecule has 3 heteroatoms. The van der Waals surface area contributed by atoms with Crippen LogP contribution in [0.2, 0.25) is 0 Å². The van der Waals surface area contributed by atoms with Crippen LogP contribution >= 0.6 is 0 Å². The number of benzene rings is 2. The number of ketones is 1. The van der Waals surface area contributed by atoms with Crippen LogP contribution in [-0.2, 0) is 9.53 Å². The SMILES string of the molecule is Cc1ccc(C2=C/C(=C3/OC(=O)c4ccccc43)C(=O)C2)cc1. The highest BCUT2D eigenvalue weighted by Gasteiger charge is 2.32. The molecule has 0 saturated carbocycles. The molecule has 0 bridgehead atoms. The van der Waals surface area contributed by atoms with Gasteiger partial charge in [-0.15, -0.1) is 0 Å². The first-order valence-electron chi connectivity index (χ1n) is 7.50. The summed E-state index contributed by atoms with van der Waals surface area (Å²) >= 11 is 0. The van der Waals surface area contributed by atoms with Gasteiger partial charge in [0.15, 0.2) is 5.78 Å². The van der Waals surface area contributed by atoms with E-state index in [1.165, 1.54) is 5.56 Å². The van der Waals surface area contributed by atoms with Crippen molar-refractivity contribution >= 4 is 23.1 Å². The third-order valence-corrected chi connectivity index (χ3v) is 4.22. The van der Waals surface area contributed by atoms with Gasteiger partial charge in [0.05, 0.1) is 11.1 Å². The zero-order chi connectivity index (χ0) is 16.0. The van der Waals surface area contributed by atoms with Gasteiger partial charge >= 0.3 is 5.97 Å². The Balaban J connectivity index is 1.82. The van der Waals surface area contributed by atoms with Gasteiger partial charge in [-0.3, -0.25) is 4.79 Å². The maximum Gasteiger partial charge on any atom is 0.344 e. The van der Waals surface area contributed by atoms with Crippen molar-refractivity contribution in [1.29, 1.82) is 0 Å². The summed E-state index contributed by atoms with van der Waals surface area (Å²) in [6, 6.07) is 15.2. The zero-order valence-electron chi connectivity index (χ0n) is 12.6. The van der Waals surface area contributed by atoms with Crippen LogP contribution in [0.1, 0.15) is 33.5 Å². The fraction of sp³-hybridized carbons (Fsp3) is 0.100. The molecule has 112 valence electrons. The van der Waals surface area contributed by atoms with Crippen molar-refractivity contribution in [3.05, 3.63) is 82.4 Å². The molecule has 4 rings (SSSR count). The third-order valence-electron chi connectivity index (χ3n) is 4.22. The van der Waals surface area contributed by atoms with E-state index in [1.807, 2.05) is 49.4 Å². The van der Waals surface area contributed by atoms with Crippen molar-refractivity contribution in [3.63, 3.8) is 0 Å². The van der Waals surface area contributed by atoms with Crippen LogP contribution in [0.3, 0.4) is 0 Å². The van der Waals surface area contributed by atoms with E-state index >= 15 is 0 Å². The lowest BCUT2D eigenvalue weighted by Crippen LogP contribution is -1.98. The molecule has 1 heterocycles. The van der Waals surface area contributed by atoms with E-state index in [2.05, 4.69) is 0 Å². The Morgan fingerprint density at radius 3 is 2.35 bits per heavy atom. The maximum atomic E-state index is 12.4. The van der Waals surface area contributed by atoms with Crippen molar-refractivity contribution in [1.82, 2.24) is 0 Å². The molecule has 0 atom stereocenters. The monoisotopic (exact) mass is 302 g/mol. The largest absolute Gasteiger partial charge is 0.421 e. The number of aryl methyl sites for hydroxylation is 1. The van der Waals surface area contributed by atoms with Gasteiger partial charge in [-0.1, -0.05) is 48.0 Å². The molecule has 1 aliphatic carbocycles. The Morgan fingerprint density at radius 2 is 1.61 bits per heavy atom. The Kier molecular flexibility index (Phi) is 3.01. The van der Waals surface area contributed by atoms with Crippen LogP contribution < -0.4 is 0 Å². The lowest BCUT2D eigenvalue weighted by molar-refractivity contribution is -0.114. The average Bonchev–Trinajstić information content (AvgIpc) is 3.09. The summed E-state index contributed by atoms with van der Waals surface area (Å²) in [5.41, 5.74) is 4.85. The van der Waals surface area contributed by atoms with E-state index < -0.39 is 5.97 Å². The summed E-state index contributed by atoms with van der Waals surface area (Å²) in [6.07, 6.45) is 2.18. The highest BCUT2D eigenvalue weighted by atomic mass is 16.5. The van der Waals surface area contributed by atoms with Gasteiger partial charge in [-0.25, -0.2) is 4.79 Å². The molecule has 2 aromatic carbocycles. The molecule has 0 fully saturated rings. The first-order valence-corrected chi connectivity index (χ1v) is 7.50. The smallest absolute Gasteiger partial charge is 0.344 e. The van der Waals surface area contributed by atoms with Crippen LogP contribution in [0.4, 0.5) is 0 Å². The molecule has 0 aromatic heterocycles. The van der Waals surface area contributed by atoms with Gasteiger partial charge in [0.1, 0.15) is 5.76 Å². The van der Waals surface area contributed by atoms with Gasteiger partial charge < -0.3 is 4.74 Å². The van der Waals surface area contributed by atoms with Gasteiger partial charge in [0, 0.05) is 12.0 Å². The number of allylic oxidation sites excluding steroid dienone is 3. The number of cyclic esters (lactones) is 1. The van der Waals surface area contributed by atoms with E-state index in [0.29, 0.717) is 28.9 Å². The number of carbonyl (C=O) groups excluding carboxylic acids is 2. The molecule has 0 radical (unpaired) electrons. The number of fused-ring (bicyclic) bond motifs is 1. The van der Waals surface area contributed by atoms with Gasteiger partial charge in [0.25, 0.3) is 0 Å². The summed E-state index contributed by atoms with van der Waals surface area (Å²) < 4.78 is 5.36. The second-order valence-corrected chi connectivity index (χ2v) is 5.81. The van der Waals surface area contributed by atoms with E-state index in [4.69, 9.17) is 4.74 Å². The Bertz CT molecular complexity index is 899. The molecule has 2 aromatic rings. The minimum absolute atomic E-state index is 0.0138. The number of carbonyl (C=O) groups is 2. The summed E-state index contributed by atoms with van der Waals surface area (Å²) in [4.78, 5) is 24.4. The van der Waals surface area contributed by atoms with E-state index in [0.717, 1.165) is 11.1 Å². The van der Waals surface area contributed by atoms with Gasteiger partial charge in [0.2, 0.25) is 0 Å². The number of ether oxygens (including phenoxy) is 1. The van der Waals surface area contributed by atoms with Crippen molar-refractivity contribution in [2.75, 3.05) is 0 Å². The van der Waals surface area contributed by atoms with Crippen LogP contribution in [-0.4, -0.2) is 11.8 Å². The zero-order valence-corrected chi connectivity index (χ0v) is 12.6. The molecule has 0 unspecified atom stereocenters. The molecule has 23 heavy (non-hydrogen) atoms. The van der Waals surface area contributed by atoms with E-state index in [1.54, 1.807) is 12.1 Å². The Morgan fingerprint density at radius 1 is 0.913 bits per heavy atom. The lowest BCUT2D eigenvalue weighted by Gasteiger charge is -2.00. The standard InChI is InChI=1S/C20H14O3/c1-12-6-8-13(9-7-12)14-10-17(18(21)11-14)19-15-4-2-3-5-16(15)20(22)23-19/h2-10H,11H2,1H3/b19-17-. The summed E-state index contributed by atoms with van der Waals surface area (Å²) in [5.74, 6) is -0.0223. The first kappa shape index (κ1) is 13.7. The molecule has 0 N–H and O–H groups in total. The maximum absolute atomic E-state index is 12.4. The quantitative estimate of drug-likeness (QED) is 0.592. The molecule has 2 aliphatic rings. The van der Waals surface area contributed by atoms with Crippen molar-refractivity contribution < 1.29 is 14.3 Å². The van der Waals surface area contributed by atoms with Gasteiger partial charge in [-0.05, 0) is 30.2 Å². The second kappa shape index (κ2) is 5.06. The lowest BCUT2D eigenvalue weighted by atomic mass is 10.0. The minimum atomic E-state index is -0.395. The molecule has 3 nitrogen and oxygen atoms in total. The fourth-order valence-corrected chi connectivity index (χ4v) is 2.98. The van der Waals surface area contributed by atoms with Crippen LogP contribution in [0.5, 0.6) is 0 Å². The highest BCUT2D eigenvalue weighted by Crippen LogP contribution is 2.38. The van der Waals surface area contributed by atoms with Crippen molar-refractivity contribution in [3.8, 4) is 0 Å². The molecule has 0 saturated heterocycles. The Hall–Kier alpha value is -2.94. The van der Waals surface area contributed by atoms with Crippen LogP contribution in [0.15, 0.2) is 60.2 Å². The predicted molar refractivity (Wildman–Crippen MR) is 87.6 cm³/mol. The molecule has 0 spiro atoms. The summed E-state index contributed by atoms with van der Waals surface area (Å²) in [6.45, 7) is 2.03.